The molecule has 18 heavy (non-hydrogen) atoms. The van der Waals surface area contributed by atoms with Crippen LogP contribution in [-0.2, 0) is 11.3 Å². The van der Waals surface area contributed by atoms with E-state index in [0.717, 1.165) is 0 Å². The molecule has 0 aliphatic carbocycles. The second-order valence-corrected chi connectivity index (χ2v) is 3.86. The first-order chi connectivity index (χ1) is 8.54. The number of H-pyrrole nitrogens is 1. The van der Waals surface area contributed by atoms with E-state index in [1.807, 2.05) is 6.92 Å². The summed E-state index contributed by atoms with van der Waals surface area (Å²) in [6.07, 6.45) is 0.655. The topological polar surface area (TPSA) is 133 Å². The third-order valence-corrected chi connectivity index (χ3v) is 2.56. The number of nitrogens with zero attached hydrogens (tertiary/aromatic N) is 3. The number of hydrogen-bond acceptors (Lipinski definition) is 5. The van der Waals surface area contributed by atoms with Gasteiger partial charge >= 0.3 is 12.0 Å². The van der Waals surface area contributed by atoms with Gasteiger partial charge in [-0.3, -0.25) is 0 Å². The van der Waals surface area contributed by atoms with Crippen molar-refractivity contribution in [3.05, 3.63) is 5.82 Å². The van der Waals surface area contributed by atoms with Crippen LogP contribution in [0.1, 0.15) is 26.1 Å². The van der Waals surface area contributed by atoms with E-state index in [1.165, 1.54) is 0 Å². The molecule has 0 radical (unpaired) electrons. The minimum atomic E-state index is -1.06. The van der Waals surface area contributed by atoms with E-state index in [1.54, 1.807) is 6.92 Å². The average molecular weight is 256 g/mol. The molecule has 4 N–H and O–H groups in total. The zero-order valence-electron chi connectivity index (χ0n) is 10.2. The second-order valence-electron chi connectivity index (χ2n) is 3.86. The molecule has 0 saturated heterocycles. The highest BCUT2D eigenvalue weighted by Gasteiger charge is 2.25. The van der Waals surface area contributed by atoms with E-state index in [9.17, 15) is 9.59 Å². The number of amides is 2. The Morgan fingerprint density at radius 2 is 2.22 bits per heavy atom. The third-order valence-electron chi connectivity index (χ3n) is 2.56. The number of aromatic nitrogens is 4. The summed E-state index contributed by atoms with van der Waals surface area (Å²) < 4.78 is 0. The van der Waals surface area contributed by atoms with Gasteiger partial charge in [-0.2, -0.15) is 5.21 Å². The van der Waals surface area contributed by atoms with Crippen molar-refractivity contribution in [3.8, 4) is 0 Å². The number of aromatic amines is 1. The van der Waals surface area contributed by atoms with Crippen molar-refractivity contribution < 1.29 is 14.7 Å². The summed E-state index contributed by atoms with van der Waals surface area (Å²) in [6.45, 7) is 3.70. The Morgan fingerprint density at radius 1 is 1.50 bits per heavy atom. The molecule has 0 saturated carbocycles. The Kier molecular flexibility index (Phi) is 5.03. The van der Waals surface area contributed by atoms with Crippen molar-refractivity contribution in [2.75, 3.05) is 0 Å². The van der Waals surface area contributed by atoms with Gasteiger partial charge in [-0.25, -0.2) is 9.59 Å². The van der Waals surface area contributed by atoms with E-state index >= 15 is 0 Å². The fraction of sp³-hybridized carbons (Fsp3) is 0.667. The average Bonchev–Trinajstić information content (AvgIpc) is 2.85. The van der Waals surface area contributed by atoms with Gasteiger partial charge in [0.15, 0.2) is 5.82 Å². The highest BCUT2D eigenvalue weighted by molar-refractivity contribution is 5.82. The molecule has 1 heterocycles. The minimum Gasteiger partial charge on any atom is -0.480 e. The molecule has 1 aromatic rings. The maximum absolute atomic E-state index is 11.5. The molecule has 2 unspecified atom stereocenters. The monoisotopic (exact) mass is 256 g/mol. The summed E-state index contributed by atoms with van der Waals surface area (Å²) in [5.74, 6) is -0.891. The number of hydrogen-bond donors (Lipinski definition) is 4. The Morgan fingerprint density at radius 3 is 2.72 bits per heavy atom. The van der Waals surface area contributed by atoms with Crippen LogP contribution >= 0.6 is 0 Å². The van der Waals surface area contributed by atoms with Crippen molar-refractivity contribution in [2.45, 2.75) is 32.9 Å². The van der Waals surface area contributed by atoms with Crippen LogP contribution in [0.4, 0.5) is 4.79 Å². The van der Waals surface area contributed by atoms with Crippen LogP contribution in [-0.4, -0.2) is 43.8 Å². The molecular formula is C9H16N6O3. The highest BCUT2D eigenvalue weighted by atomic mass is 16.4. The van der Waals surface area contributed by atoms with Gasteiger partial charge in [-0.15, -0.1) is 10.2 Å². The van der Waals surface area contributed by atoms with Crippen molar-refractivity contribution in [2.24, 2.45) is 5.92 Å². The Hall–Kier alpha value is -2.19. The van der Waals surface area contributed by atoms with Gasteiger partial charge in [0, 0.05) is 0 Å². The summed E-state index contributed by atoms with van der Waals surface area (Å²) >= 11 is 0. The van der Waals surface area contributed by atoms with E-state index in [4.69, 9.17) is 5.11 Å². The van der Waals surface area contributed by atoms with Gasteiger partial charge in [0.2, 0.25) is 0 Å². The summed E-state index contributed by atoms with van der Waals surface area (Å²) in [7, 11) is 0. The summed E-state index contributed by atoms with van der Waals surface area (Å²) in [5.41, 5.74) is 0. The van der Waals surface area contributed by atoms with Crippen molar-refractivity contribution in [3.63, 3.8) is 0 Å². The standard InChI is InChI=1S/C9H16N6O3/c1-3-5(2)7(8(16)17)11-9(18)10-4-6-12-14-15-13-6/h5,7H,3-4H2,1-2H3,(H,16,17)(H2,10,11,18)(H,12,13,14,15). The summed E-state index contributed by atoms with van der Waals surface area (Å²) in [6, 6.07) is -1.49. The molecule has 9 heteroatoms. The molecule has 0 aliphatic rings. The lowest BCUT2D eigenvalue weighted by Gasteiger charge is -2.20. The van der Waals surface area contributed by atoms with Gasteiger partial charge in [0.05, 0.1) is 6.54 Å². The number of carboxylic acids is 1. The van der Waals surface area contributed by atoms with E-state index in [-0.39, 0.29) is 12.5 Å². The van der Waals surface area contributed by atoms with Crippen LogP contribution < -0.4 is 10.6 Å². The summed E-state index contributed by atoms with van der Waals surface area (Å²) in [5, 5.41) is 26.7. The zero-order valence-corrected chi connectivity index (χ0v) is 10.2. The lowest BCUT2D eigenvalue weighted by Crippen LogP contribution is -2.48. The number of rotatable bonds is 6. The largest absolute Gasteiger partial charge is 0.480 e. The molecule has 100 valence electrons. The van der Waals surface area contributed by atoms with Crippen LogP contribution in [0.5, 0.6) is 0 Å². The number of tetrazole rings is 1. The molecule has 0 fully saturated rings. The van der Waals surface area contributed by atoms with Gasteiger partial charge in [0.1, 0.15) is 6.04 Å². The maximum atomic E-state index is 11.5. The molecule has 2 atom stereocenters. The Balaban J connectivity index is 2.44. The molecule has 0 spiro atoms. The van der Waals surface area contributed by atoms with Gasteiger partial charge in [0.25, 0.3) is 0 Å². The normalized spacial score (nSPS) is 13.7. The van der Waals surface area contributed by atoms with E-state index < -0.39 is 18.0 Å². The second kappa shape index (κ2) is 6.52. The van der Waals surface area contributed by atoms with Crippen molar-refractivity contribution in [1.82, 2.24) is 31.3 Å². The van der Waals surface area contributed by atoms with Gasteiger partial charge in [-0.1, -0.05) is 25.5 Å². The Bertz CT molecular complexity index is 393. The first kappa shape index (κ1) is 13.9. The van der Waals surface area contributed by atoms with Crippen LogP contribution in [0.3, 0.4) is 0 Å². The minimum absolute atomic E-state index is 0.0785. The summed E-state index contributed by atoms with van der Waals surface area (Å²) in [4.78, 5) is 22.5. The van der Waals surface area contributed by atoms with E-state index in [0.29, 0.717) is 12.2 Å². The van der Waals surface area contributed by atoms with Crippen molar-refractivity contribution >= 4 is 12.0 Å². The fourth-order valence-corrected chi connectivity index (χ4v) is 1.29. The smallest absolute Gasteiger partial charge is 0.326 e. The van der Waals surface area contributed by atoms with Gasteiger partial charge in [-0.05, 0) is 5.92 Å². The predicted molar refractivity (Wildman–Crippen MR) is 60.4 cm³/mol. The van der Waals surface area contributed by atoms with Crippen LogP contribution in [0, 0.1) is 5.92 Å². The number of carbonyl (C=O) groups is 2. The number of carboxylic acid groups (broad SMARTS) is 1. The Labute approximate surface area is 103 Å². The molecule has 1 aromatic heterocycles. The molecule has 2 amide bonds. The fourth-order valence-electron chi connectivity index (χ4n) is 1.29. The number of urea groups is 1. The molecular weight excluding hydrogens is 240 g/mol. The number of nitrogens with one attached hydrogen (secondary N) is 3. The quantitative estimate of drug-likeness (QED) is 0.542. The molecule has 0 aromatic carbocycles. The van der Waals surface area contributed by atoms with Crippen LogP contribution in [0.2, 0.25) is 0 Å². The molecule has 0 aliphatic heterocycles. The first-order valence-electron chi connectivity index (χ1n) is 5.54. The SMILES string of the molecule is CCC(C)C(NC(=O)NCc1nn[nH]n1)C(=O)O. The first-order valence-corrected chi connectivity index (χ1v) is 5.54. The van der Waals surface area contributed by atoms with E-state index in [2.05, 4.69) is 31.3 Å². The maximum Gasteiger partial charge on any atom is 0.326 e. The highest BCUT2D eigenvalue weighted by Crippen LogP contribution is 2.07. The number of aliphatic carboxylic acids is 1. The zero-order chi connectivity index (χ0) is 13.5. The molecule has 1 rings (SSSR count). The van der Waals surface area contributed by atoms with Crippen LogP contribution in [0.25, 0.3) is 0 Å². The lowest BCUT2D eigenvalue weighted by molar-refractivity contribution is -0.140. The van der Waals surface area contributed by atoms with Crippen molar-refractivity contribution in [1.29, 1.82) is 0 Å². The van der Waals surface area contributed by atoms with Crippen LogP contribution in [0.15, 0.2) is 0 Å². The number of carbonyl (C=O) groups excluding carboxylic acids is 1. The third kappa shape index (κ3) is 4.00. The van der Waals surface area contributed by atoms with Gasteiger partial charge < -0.3 is 15.7 Å². The molecule has 9 nitrogen and oxygen atoms in total. The lowest BCUT2D eigenvalue weighted by atomic mass is 9.99. The molecule has 0 bridgehead atoms. The predicted octanol–water partition coefficient (Wildman–Crippen LogP) is -0.502.